The number of rotatable bonds is 5. The summed E-state index contributed by atoms with van der Waals surface area (Å²) in [6.45, 7) is 3.82. The van der Waals surface area contributed by atoms with Gasteiger partial charge in [-0.3, -0.25) is 4.98 Å². The SMILES string of the molecule is Cc1cc(C)nc(OC2CCC(NS(=O)(=O)c3cccc4cccnc34)CC2)n1. The van der Waals surface area contributed by atoms with E-state index in [1.165, 1.54) is 0 Å². The largest absolute Gasteiger partial charge is 0.460 e. The van der Waals surface area contributed by atoms with E-state index in [1.54, 1.807) is 24.4 Å². The maximum Gasteiger partial charge on any atom is 0.317 e. The zero-order valence-electron chi connectivity index (χ0n) is 16.5. The maximum absolute atomic E-state index is 13.0. The average molecular weight is 413 g/mol. The van der Waals surface area contributed by atoms with Gasteiger partial charge in [0.05, 0.1) is 5.52 Å². The molecule has 8 heteroatoms. The van der Waals surface area contributed by atoms with Gasteiger partial charge in [-0.15, -0.1) is 0 Å². The van der Waals surface area contributed by atoms with Crippen LogP contribution >= 0.6 is 0 Å². The first-order valence-corrected chi connectivity index (χ1v) is 11.2. The van der Waals surface area contributed by atoms with Gasteiger partial charge in [0.1, 0.15) is 11.0 Å². The fraction of sp³-hybridized carbons (Fsp3) is 0.381. The quantitative estimate of drug-likeness (QED) is 0.691. The molecule has 1 saturated carbocycles. The molecule has 0 spiro atoms. The van der Waals surface area contributed by atoms with E-state index in [2.05, 4.69) is 19.7 Å². The number of aryl methyl sites for hydroxylation is 2. The molecule has 0 atom stereocenters. The third-order valence-corrected chi connectivity index (χ3v) is 6.67. The summed E-state index contributed by atoms with van der Waals surface area (Å²) in [6, 6.07) is 11.0. The van der Waals surface area contributed by atoms with Crippen LogP contribution in [-0.2, 0) is 10.0 Å². The summed E-state index contributed by atoms with van der Waals surface area (Å²) in [4.78, 5) is 13.1. The van der Waals surface area contributed by atoms with Crippen LogP contribution in [0.1, 0.15) is 37.1 Å². The molecule has 7 nitrogen and oxygen atoms in total. The lowest BCUT2D eigenvalue weighted by atomic mass is 9.94. The van der Waals surface area contributed by atoms with Crippen LogP contribution in [0.3, 0.4) is 0 Å². The first-order chi connectivity index (χ1) is 13.9. The van der Waals surface area contributed by atoms with Crippen molar-refractivity contribution in [3.05, 3.63) is 54.0 Å². The molecule has 2 heterocycles. The molecule has 0 aliphatic heterocycles. The van der Waals surface area contributed by atoms with Gasteiger partial charge in [-0.05, 0) is 57.7 Å². The van der Waals surface area contributed by atoms with Crippen LogP contribution in [0.15, 0.2) is 47.5 Å². The minimum absolute atomic E-state index is 0.00354. The number of ether oxygens (including phenoxy) is 1. The van der Waals surface area contributed by atoms with E-state index in [4.69, 9.17) is 4.74 Å². The molecule has 1 fully saturated rings. The topological polar surface area (TPSA) is 94.1 Å². The van der Waals surface area contributed by atoms with Gasteiger partial charge in [0.25, 0.3) is 0 Å². The summed E-state index contributed by atoms with van der Waals surface area (Å²) < 4.78 is 34.7. The Bertz CT molecular complexity index is 1100. The van der Waals surface area contributed by atoms with Gasteiger partial charge >= 0.3 is 6.01 Å². The molecule has 4 rings (SSSR count). The number of benzene rings is 1. The van der Waals surface area contributed by atoms with Crippen LogP contribution in [0.25, 0.3) is 10.9 Å². The smallest absolute Gasteiger partial charge is 0.317 e. The highest BCUT2D eigenvalue weighted by molar-refractivity contribution is 7.89. The number of hydrogen-bond donors (Lipinski definition) is 1. The van der Waals surface area contributed by atoms with Gasteiger partial charge in [0.2, 0.25) is 10.0 Å². The Balaban J connectivity index is 1.41. The van der Waals surface area contributed by atoms with E-state index < -0.39 is 10.0 Å². The second-order valence-corrected chi connectivity index (χ2v) is 9.16. The number of hydrogen-bond acceptors (Lipinski definition) is 6. The summed E-state index contributed by atoms with van der Waals surface area (Å²) in [5, 5.41) is 0.806. The maximum atomic E-state index is 13.0. The van der Waals surface area contributed by atoms with Gasteiger partial charge in [-0.1, -0.05) is 18.2 Å². The summed E-state index contributed by atoms with van der Waals surface area (Å²) >= 11 is 0. The molecule has 2 aromatic heterocycles. The minimum Gasteiger partial charge on any atom is -0.460 e. The van der Waals surface area contributed by atoms with Gasteiger partial charge in [-0.25, -0.2) is 23.1 Å². The molecule has 0 amide bonds. The molecule has 1 N–H and O–H groups in total. The predicted molar refractivity (Wildman–Crippen MR) is 110 cm³/mol. The Kier molecular flexibility index (Phi) is 5.47. The number of fused-ring (bicyclic) bond motifs is 1. The number of pyridine rings is 1. The Hall–Kier alpha value is -2.58. The van der Waals surface area contributed by atoms with E-state index in [0.717, 1.165) is 29.6 Å². The van der Waals surface area contributed by atoms with Crippen LogP contribution in [0, 0.1) is 13.8 Å². The number of nitrogens with zero attached hydrogens (tertiary/aromatic N) is 3. The fourth-order valence-electron chi connectivity index (χ4n) is 3.77. The third-order valence-electron chi connectivity index (χ3n) is 5.12. The van der Waals surface area contributed by atoms with Crippen LogP contribution < -0.4 is 9.46 Å². The zero-order valence-corrected chi connectivity index (χ0v) is 17.3. The van der Waals surface area contributed by atoms with Crippen molar-refractivity contribution in [3.8, 4) is 6.01 Å². The summed E-state index contributed by atoms with van der Waals surface area (Å²) in [7, 11) is -3.65. The molecule has 0 radical (unpaired) electrons. The van der Waals surface area contributed by atoms with Crippen LogP contribution in [-0.4, -0.2) is 35.5 Å². The molecule has 29 heavy (non-hydrogen) atoms. The molecule has 152 valence electrons. The van der Waals surface area contributed by atoms with E-state index >= 15 is 0 Å². The van der Waals surface area contributed by atoms with Gasteiger partial charge in [-0.2, -0.15) is 0 Å². The van der Waals surface area contributed by atoms with Crippen molar-refractivity contribution in [3.63, 3.8) is 0 Å². The van der Waals surface area contributed by atoms with Gasteiger partial charge < -0.3 is 4.74 Å². The van der Waals surface area contributed by atoms with Crippen LogP contribution in [0.2, 0.25) is 0 Å². The fourth-order valence-corrected chi connectivity index (χ4v) is 5.25. The Morgan fingerprint density at radius 2 is 1.69 bits per heavy atom. The second-order valence-electron chi connectivity index (χ2n) is 7.48. The highest BCUT2D eigenvalue weighted by Crippen LogP contribution is 2.26. The number of aromatic nitrogens is 3. The van der Waals surface area contributed by atoms with Crippen molar-refractivity contribution in [1.82, 2.24) is 19.7 Å². The molecular weight excluding hydrogens is 388 g/mol. The molecular formula is C21H24N4O3S. The van der Waals surface area contributed by atoms with E-state index in [9.17, 15) is 8.42 Å². The number of nitrogens with one attached hydrogen (secondary N) is 1. The monoisotopic (exact) mass is 412 g/mol. The minimum atomic E-state index is -3.65. The highest BCUT2D eigenvalue weighted by atomic mass is 32.2. The van der Waals surface area contributed by atoms with Crippen molar-refractivity contribution in [2.45, 2.75) is 56.6 Å². The summed E-state index contributed by atoms with van der Waals surface area (Å²) in [6.07, 6.45) is 4.50. The summed E-state index contributed by atoms with van der Waals surface area (Å²) in [5.41, 5.74) is 2.24. The van der Waals surface area contributed by atoms with E-state index in [-0.39, 0.29) is 17.0 Å². The number of sulfonamides is 1. The standard InChI is InChI=1S/C21H24N4O3S/c1-14-13-15(2)24-21(23-14)28-18-10-8-17(9-11-18)25-29(26,27)19-7-3-5-16-6-4-12-22-20(16)19/h3-7,12-13,17-18,25H,8-11H2,1-2H3. The van der Waals surface area contributed by atoms with Crippen molar-refractivity contribution in [2.75, 3.05) is 0 Å². The van der Waals surface area contributed by atoms with Gasteiger partial charge in [0.15, 0.2) is 0 Å². The van der Waals surface area contributed by atoms with E-state index in [0.29, 0.717) is 24.4 Å². The Morgan fingerprint density at radius 1 is 1.00 bits per heavy atom. The Labute approximate surface area is 170 Å². The Morgan fingerprint density at radius 3 is 2.41 bits per heavy atom. The lowest BCUT2D eigenvalue weighted by Gasteiger charge is -2.28. The van der Waals surface area contributed by atoms with Crippen molar-refractivity contribution < 1.29 is 13.2 Å². The predicted octanol–water partition coefficient (Wildman–Crippen LogP) is 3.31. The molecule has 1 aliphatic rings. The average Bonchev–Trinajstić information content (AvgIpc) is 2.68. The summed E-state index contributed by atoms with van der Waals surface area (Å²) in [5.74, 6) is 0. The molecule has 1 aromatic carbocycles. The molecule has 3 aromatic rings. The molecule has 0 unspecified atom stereocenters. The molecule has 0 saturated heterocycles. The third kappa shape index (κ3) is 4.54. The van der Waals surface area contributed by atoms with Gasteiger partial charge in [0, 0.05) is 29.0 Å². The second kappa shape index (κ2) is 8.04. The molecule has 0 bridgehead atoms. The first-order valence-electron chi connectivity index (χ1n) is 9.76. The normalized spacial score (nSPS) is 19.9. The lowest BCUT2D eigenvalue weighted by molar-refractivity contribution is 0.131. The first kappa shape index (κ1) is 19.7. The zero-order chi connectivity index (χ0) is 20.4. The highest BCUT2D eigenvalue weighted by Gasteiger charge is 2.28. The lowest BCUT2D eigenvalue weighted by Crippen LogP contribution is -2.39. The van der Waals surface area contributed by atoms with E-state index in [1.807, 2.05) is 32.0 Å². The van der Waals surface area contributed by atoms with Crippen LogP contribution in [0.5, 0.6) is 6.01 Å². The van der Waals surface area contributed by atoms with Crippen molar-refractivity contribution >= 4 is 20.9 Å². The van der Waals surface area contributed by atoms with Crippen molar-refractivity contribution in [2.24, 2.45) is 0 Å². The van der Waals surface area contributed by atoms with Crippen molar-refractivity contribution in [1.29, 1.82) is 0 Å². The number of para-hydroxylation sites is 1. The molecule has 1 aliphatic carbocycles. The van der Waals surface area contributed by atoms with Crippen LogP contribution in [0.4, 0.5) is 0 Å².